The minimum Gasteiger partial charge on any atom is -0.228 e. The predicted octanol–water partition coefficient (Wildman–Crippen LogP) is 15.0. The molecule has 0 saturated carbocycles. The molecule has 1 aromatic heterocycles. The molecule has 2 heteroatoms. The molecule has 0 bridgehead atoms. The summed E-state index contributed by atoms with van der Waals surface area (Å²) in [5.41, 5.74) is 16.7. The summed E-state index contributed by atoms with van der Waals surface area (Å²) in [4.78, 5) is 10.4. The van der Waals surface area contributed by atoms with Crippen LogP contribution < -0.4 is 0 Å². The van der Waals surface area contributed by atoms with Gasteiger partial charge in [-0.1, -0.05) is 200 Å². The van der Waals surface area contributed by atoms with E-state index in [1.165, 1.54) is 55.3 Å². The summed E-state index contributed by atoms with van der Waals surface area (Å²) in [5.74, 6) is 0.693. The van der Waals surface area contributed by atoms with Gasteiger partial charge in [0.1, 0.15) is 0 Å². The van der Waals surface area contributed by atoms with Gasteiger partial charge in [0.2, 0.25) is 0 Å². The molecule has 0 saturated heterocycles. The fourth-order valence-corrected chi connectivity index (χ4v) is 7.88. The van der Waals surface area contributed by atoms with Crippen molar-refractivity contribution in [3.05, 3.63) is 231 Å². The Labute approximate surface area is 339 Å². The first-order valence-corrected chi connectivity index (χ1v) is 19.7. The standard InChI is InChI=1S/C56H38N2/c1-3-14-39(15-4-1)44-20-9-21-45(34-44)46-22-10-23-47(35-46)48-24-11-25-49(36-48)50-26-12-27-51(37-50)56-57-54(42-17-5-2-6-18-42)38-55(58-56)43-32-30-41(31-33-43)53-29-13-19-40-16-7-8-28-52(40)53/h1-38H. The van der Waals surface area contributed by atoms with Crippen LogP contribution in [0, 0.1) is 0 Å². The Balaban J connectivity index is 0.985. The second-order valence-electron chi connectivity index (χ2n) is 14.6. The Hall–Kier alpha value is -7.68. The summed E-state index contributed by atoms with van der Waals surface area (Å²) in [6.45, 7) is 0. The number of fused-ring (bicyclic) bond motifs is 1. The molecule has 0 aliphatic heterocycles. The van der Waals surface area contributed by atoms with Crippen LogP contribution in [0.5, 0.6) is 0 Å². The number of nitrogens with zero attached hydrogens (tertiary/aromatic N) is 2. The van der Waals surface area contributed by atoms with Crippen LogP contribution in [0.25, 0.3) is 100 Å². The molecule has 0 aliphatic carbocycles. The second-order valence-corrected chi connectivity index (χ2v) is 14.6. The third kappa shape index (κ3) is 7.11. The lowest BCUT2D eigenvalue weighted by atomic mass is 9.94. The largest absolute Gasteiger partial charge is 0.228 e. The van der Waals surface area contributed by atoms with E-state index in [-0.39, 0.29) is 0 Å². The van der Waals surface area contributed by atoms with Gasteiger partial charge in [0.15, 0.2) is 5.82 Å². The van der Waals surface area contributed by atoms with Gasteiger partial charge in [-0.25, -0.2) is 9.97 Å². The molecule has 2 nitrogen and oxygen atoms in total. The fourth-order valence-electron chi connectivity index (χ4n) is 7.88. The highest BCUT2D eigenvalue weighted by molar-refractivity contribution is 5.97. The summed E-state index contributed by atoms with van der Waals surface area (Å²) < 4.78 is 0. The van der Waals surface area contributed by atoms with E-state index in [1.54, 1.807) is 0 Å². The molecule has 1 heterocycles. The van der Waals surface area contributed by atoms with Gasteiger partial charge in [-0.15, -0.1) is 0 Å². The fraction of sp³-hybridized carbons (Fsp3) is 0. The highest BCUT2D eigenvalue weighted by Crippen LogP contribution is 2.35. The zero-order valence-electron chi connectivity index (χ0n) is 31.8. The maximum Gasteiger partial charge on any atom is 0.160 e. The number of aromatic nitrogens is 2. The summed E-state index contributed by atoms with van der Waals surface area (Å²) in [5, 5.41) is 2.48. The topological polar surface area (TPSA) is 25.8 Å². The van der Waals surface area contributed by atoms with Crippen molar-refractivity contribution >= 4 is 10.8 Å². The van der Waals surface area contributed by atoms with Crippen LogP contribution in [0.4, 0.5) is 0 Å². The van der Waals surface area contributed by atoms with E-state index >= 15 is 0 Å². The number of hydrogen-bond donors (Lipinski definition) is 0. The predicted molar refractivity (Wildman–Crippen MR) is 243 cm³/mol. The third-order valence-electron chi connectivity index (χ3n) is 10.9. The van der Waals surface area contributed by atoms with Crippen molar-refractivity contribution in [2.24, 2.45) is 0 Å². The van der Waals surface area contributed by atoms with Gasteiger partial charge in [0, 0.05) is 16.7 Å². The Bertz CT molecular complexity index is 3030. The van der Waals surface area contributed by atoms with Crippen molar-refractivity contribution in [1.82, 2.24) is 9.97 Å². The van der Waals surface area contributed by atoms with E-state index in [2.05, 4.69) is 224 Å². The molecule has 0 amide bonds. The van der Waals surface area contributed by atoms with Crippen molar-refractivity contribution in [3.8, 4) is 89.5 Å². The quantitative estimate of drug-likeness (QED) is 0.155. The molecule has 10 aromatic rings. The van der Waals surface area contributed by atoms with E-state index in [0.717, 1.165) is 39.2 Å². The zero-order valence-corrected chi connectivity index (χ0v) is 31.8. The van der Waals surface area contributed by atoms with E-state index in [4.69, 9.17) is 9.97 Å². The molecule has 0 radical (unpaired) electrons. The average molecular weight is 739 g/mol. The van der Waals surface area contributed by atoms with E-state index in [0.29, 0.717) is 5.82 Å². The molecule has 272 valence electrons. The minimum absolute atomic E-state index is 0.693. The summed E-state index contributed by atoms with van der Waals surface area (Å²) in [6, 6.07) is 81.8. The Morgan fingerprint density at radius 1 is 0.224 bits per heavy atom. The van der Waals surface area contributed by atoms with E-state index in [1.807, 2.05) is 6.07 Å². The number of rotatable bonds is 8. The van der Waals surface area contributed by atoms with Crippen molar-refractivity contribution in [3.63, 3.8) is 0 Å². The maximum absolute atomic E-state index is 5.20. The van der Waals surface area contributed by atoms with Crippen LogP contribution in [-0.2, 0) is 0 Å². The average Bonchev–Trinajstić information content (AvgIpc) is 3.32. The monoisotopic (exact) mass is 738 g/mol. The number of benzene rings is 9. The van der Waals surface area contributed by atoms with E-state index < -0.39 is 0 Å². The molecule has 9 aromatic carbocycles. The molecule has 0 spiro atoms. The van der Waals surface area contributed by atoms with E-state index in [9.17, 15) is 0 Å². The van der Waals surface area contributed by atoms with Crippen LogP contribution in [-0.4, -0.2) is 9.97 Å². The number of hydrogen-bond acceptors (Lipinski definition) is 2. The van der Waals surface area contributed by atoms with Crippen molar-refractivity contribution in [2.75, 3.05) is 0 Å². The molecular formula is C56H38N2. The van der Waals surface area contributed by atoms with Crippen LogP contribution >= 0.6 is 0 Å². The van der Waals surface area contributed by atoms with Gasteiger partial charge < -0.3 is 0 Å². The lowest BCUT2D eigenvalue weighted by Gasteiger charge is -2.12. The van der Waals surface area contributed by atoms with Crippen LogP contribution in [0.15, 0.2) is 231 Å². The molecule has 0 aliphatic rings. The first-order valence-electron chi connectivity index (χ1n) is 19.7. The van der Waals surface area contributed by atoms with Gasteiger partial charge in [0.25, 0.3) is 0 Å². The highest BCUT2D eigenvalue weighted by atomic mass is 14.9. The third-order valence-corrected chi connectivity index (χ3v) is 10.9. The molecule has 10 rings (SSSR count). The van der Waals surface area contributed by atoms with Gasteiger partial charge in [-0.05, 0) is 96.7 Å². The molecule has 0 N–H and O–H groups in total. The van der Waals surface area contributed by atoms with Gasteiger partial charge in [-0.3, -0.25) is 0 Å². The Morgan fingerprint density at radius 3 is 1.14 bits per heavy atom. The second kappa shape index (κ2) is 15.5. The Morgan fingerprint density at radius 2 is 0.586 bits per heavy atom. The maximum atomic E-state index is 5.20. The Kier molecular flexibility index (Phi) is 9.27. The van der Waals surface area contributed by atoms with Crippen LogP contribution in [0.2, 0.25) is 0 Å². The van der Waals surface area contributed by atoms with Crippen LogP contribution in [0.3, 0.4) is 0 Å². The lowest BCUT2D eigenvalue weighted by Crippen LogP contribution is -1.96. The van der Waals surface area contributed by atoms with Gasteiger partial charge in [-0.2, -0.15) is 0 Å². The first kappa shape index (κ1) is 34.8. The summed E-state index contributed by atoms with van der Waals surface area (Å²) >= 11 is 0. The highest BCUT2D eigenvalue weighted by Gasteiger charge is 2.13. The van der Waals surface area contributed by atoms with Gasteiger partial charge in [0.05, 0.1) is 11.4 Å². The first-order chi connectivity index (χ1) is 28.7. The molecule has 0 fully saturated rings. The van der Waals surface area contributed by atoms with Crippen molar-refractivity contribution in [2.45, 2.75) is 0 Å². The molecular weight excluding hydrogens is 701 g/mol. The van der Waals surface area contributed by atoms with Crippen molar-refractivity contribution < 1.29 is 0 Å². The summed E-state index contributed by atoms with van der Waals surface area (Å²) in [7, 11) is 0. The minimum atomic E-state index is 0.693. The van der Waals surface area contributed by atoms with Gasteiger partial charge >= 0.3 is 0 Å². The van der Waals surface area contributed by atoms with Crippen molar-refractivity contribution in [1.29, 1.82) is 0 Å². The van der Waals surface area contributed by atoms with Crippen LogP contribution in [0.1, 0.15) is 0 Å². The molecule has 58 heavy (non-hydrogen) atoms. The molecule has 0 atom stereocenters. The zero-order chi connectivity index (χ0) is 38.7. The lowest BCUT2D eigenvalue weighted by molar-refractivity contribution is 1.18. The summed E-state index contributed by atoms with van der Waals surface area (Å²) in [6.07, 6.45) is 0. The SMILES string of the molecule is c1ccc(-c2cccc(-c3cccc(-c4cccc(-c5cccc(-c6nc(-c7ccccc7)cc(-c7ccc(-c8cccc9ccccc89)cc7)n6)c5)c4)c3)c2)cc1. The smallest absolute Gasteiger partial charge is 0.160 e. The normalized spacial score (nSPS) is 11.1. The molecule has 0 unspecified atom stereocenters.